The summed E-state index contributed by atoms with van der Waals surface area (Å²) in [5.74, 6) is 1.71. The molecule has 3 aromatic rings. The third-order valence-corrected chi connectivity index (χ3v) is 5.91. The number of imidazole rings is 1. The first kappa shape index (κ1) is 19.0. The number of rotatable bonds is 8. The first-order valence-corrected chi connectivity index (χ1v) is 11.2. The third kappa shape index (κ3) is 4.07. The molecule has 1 aromatic carbocycles. The second-order valence-corrected chi connectivity index (χ2v) is 8.26. The summed E-state index contributed by atoms with van der Waals surface area (Å²) < 4.78 is 2.22. The Morgan fingerprint density at radius 3 is 2.71 bits per heavy atom. The number of carbonyl (C=O) groups excluding carboxylic acids is 1. The first-order chi connectivity index (χ1) is 13.7. The second-order valence-electron chi connectivity index (χ2n) is 7.38. The predicted molar refractivity (Wildman–Crippen MR) is 114 cm³/mol. The van der Waals surface area contributed by atoms with Gasteiger partial charge in [0.2, 0.25) is 0 Å². The van der Waals surface area contributed by atoms with E-state index in [9.17, 15) is 4.79 Å². The Morgan fingerprint density at radius 1 is 1.25 bits per heavy atom. The van der Waals surface area contributed by atoms with Gasteiger partial charge >= 0.3 is 0 Å². The lowest BCUT2D eigenvalue weighted by Gasteiger charge is -2.22. The summed E-state index contributed by atoms with van der Waals surface area (Å²) in [4.78, 5) is 25.6. The number of pyridine rings is 1. The first-order valence-electron chi connectivity index (χ1n) is 9.93. The van der Waals surface area contributed by atoms with Crippen molar-refractivity contribution in [1.29, 1.82) is 0 Å². The van der Waals surface area contributed by atoms with E-state index >= 15 is 0 Å². The van der Waals surface area contributed by atoms with Crippen LogP contribution in [0.15, 0.2) is 47.5 Å². The summed E-state index contributed by atoms with van der Waals surface area (Å²) in [6.07, 6.45) is 7.31. The third-order valence-electron chi connectivity index (χ3n) is 5.17. The molecule has 4 rings (SSSR count). The normalized spacial score (nSPS) is 13.8. The van der Waals surface area contributed by atoms with Crippen LogP contribution in [-0.2, 0) is 13.1 Å². The van der Waals surface area contributed by atoms with Crippen LogP contribution in [-0.4, -0.2) is 38.1 Å². The number of hydrogen-bond donors (Lipinski definition) is 0. The monoisotopic (exact) mass is 394 g/mol. The van der Waals surface area contributed by atoms with Crippen LogP contribution in [0.4, 0.5) is 0 Å². The number of aromatic nitrogens is 3. The Kier molecular flexibility index (Phi) is 5.67. The van der Waals surface area contributed by atoms with Gasteiger partial charge in [0.05, 0.1) is 6.54 Å². The van der Waals surface area contributed by atoms with E-state index in [1.165, 1.54) is 12.8 Å². The molecule has 0 bridgehead atoms. The summed E-state index contributed by atoms with van der Waals surface area (Å²) >= 11 is 1.68. The van der Waals surface area contributed by atoms with E-state index in [0.717, 1.165) is 40.4 Å². The van der Waals surface area contributed by atoms with Gasteiger partial charge in [0, 0.05) is 29.7 Å². The number of nitrogens with zero attached hydrogens (tertiary/aromatic N) is 4. The minimum absolute atomic E-state index is 0.0625. The lowest BCUT2D eigenvalue weighted by Crippen LogP contribution is -2.32. The molecule has 1 aliphatic carbocycles. The summed E-state index contributed by atoms with van der Waals surface area (Å²) in [7, 11) is 0. The van der Waals surface area contributed by atoms with Crippen LogP contribution in [0.5, 0.6) is 0 Å². The fourth-order valence-corrected chi connectivity index (χ4v) is 3.89. The van der Waals surface area contributed by atoms with Gasteiger partial charge in [-0.15, -0.1) is 11.8 Å². The van der Waals surface area contributed by atoms with Gasteiger partial charge in [-0.3, -0.25) is 4.79 Å². The average molecular weight is 395 g/mol. The van der Waals surface area contributed by atoms with Crippen molar-refractivity contribution in [2.75, 3.05) is 12.8 Å². The topological polar surface area (TPSA) is 51.0 Å². The highest BCUT2D eigenvalue weighted by Crippen LogP contribution is 2.32. The molecule has 5 nitrogen and oxygen atoms in total. The molecule has 0 saturated heterocycles. The van der Waals surface area contributed by atoms with Gasteiger partial charge in [-0.05, 0) is 67.8 Å². The molecule has 1 amide bonds. The molecule has 146 valence electrons. The highest BCUT2D eigenvalue weighted by atomic mass is 32.2. The fraction of sp³-hybridized carbons (Fsp3) is 0.409. The average Bonchev–Trinajstić information content (AvgIpc) is 3.49. The minimum atomic E-state index is 0.0625. The Labute approximate surface area is 170 Å². The van der Waals surface area contributed by atoms with Crippen molar-refractivity contribution in [2.24, 2.45) is 5.92 Å². The maximum absolute atomic E-state index is 13.2. The Bertz CT molecular complexity index is 962. The number of hydrogen-bond acceptors (Lipinski definition) is 4. The molecule has 0 atom stereocenters. The van der Waals surface area contributed by atoms with E-state index in [-0.39, 0.29) is 5.91 Å². The van der Waals surface area contributed by atoms with Gasteiger partial charge in [0.25, 0.3) is 5.91 Å². The number of carbonyl (C=O) groups is 1. The molecule has 1 fully saturated rings. The largest absolute Gasteiger partial charge is 0.331 e. The van der Waals surface area contributed by atoms with Gasteiger partial charge in [-0.25, -0.2) is 9.97 Å². The zero-order valence-electron chi connectivity index (χ0n) is 16.5. The molecular formula is C22H26N4OS. The number of fused-ring (bicyclic) bond motifs is 1. The predicted octanol–water partition coefficient (Wildman–Crippen LogP) is 4.62. The summed E-state index contributed by atoms with van der Waals surface area (Å²) in [5.41, 5.74) is 2.57. The lowest BCUT2D eigenvalue weighted by atomic mass is 10.2. The summed E-state index contributed by atoms with van der Waals surface area (Å²) in [6.45, 7) is 4.27. The van der Waals surface area contributed by atoms with Gasteiger partial charge in [0.1, 0.15) is 11.3 Å². The van der Waals surface area contributed by atoms with Crippen molar-refractivity contribution in [3.63, 3.8) is 0 Å². The molecule has 0 radical (unpaired) electrons. The van der Waals surface area contributed by atoms with Crippen LogP contribution in [0.2, 0.25) is 0 Å². The van der Waals surface area contributed by atoms with Gasteiger partial charge in [-0.1, -0.05) is 6.92 Å². The fourth-order valence-electron chi connectivity index (χ4n) is 3.49. The Balaban J connectivity index is 1.62. The molecule has 0 spiro atoms. The molecule has 2 heterocycles. The number of thioether (sulfide) groups is 1. The van der Waals surface area contributed by atoms with Gasteiger partial charge in [0.15, 0.2) is 5.65 Å². The zero-order chi connectivity index (χ0) is 19.5. The van der Waals surface area contributed by atoms with Crippen LogP contribution in [0.3, 0.4) is 0 Å². The smallest absolute Gasteiger partial charge is 0.254 e. The zero-order valence-corrected chi connectivity index (χ0v) is 17.3. The molecule has 0 unspecified atom stereocenters. The second kappa shape index (κ2) is 8.35. The highest BCUT2D eigenvalue weighted by Gasteiger charge is 2.26. The van der Waals surface area contributed by atoms with E-state index in [1.807, 2.05) is 53.8 Å². The van der Waals surface area contributed by atoms with Crippen molar-refractivity contribution in [2.45, 2.75) is 44.2 Å². The van der Waals surface area contributed by atoms with Crippen molar-refractivity contribution in [3.05, 3.63) is 54.0 Å². The number of benzene rings is 1. The maximum Gasteiger partial charge on any atom is 0.254 e. The molecule has 2 aromatic heterocycles. The highest BCUT2D eigenvalue weighted by molar-refractivity contribution is 7.98. The van der Waals surface area contributed by atoms with Crippen LogP contribution >= 0.6 is 11.8 Å². The van der Waals surface area contributed by atoms with Crippen molar-refractivity contribution in [3.8, 4) is 0 Å². The molecule has 28 heavy (non-hydrogen) atoms. The van der Waals surface area contributed by atoms with E-state index in [4.69, 9.17) is 4.98 Å². The Morgan fingerprint density at radius 2 is 2.04 bits per heavy atom. The van der Waals surface area contributed by atoms with Crippen LogP contribution < -0.4 is 0 Å². The van der Waals surface area contributed by atoms with E-state index < -0.39 is 0 Å². The quantitative estimate of drug-likeness (QED) is 0.523. The van der Waals surface area contributed by atoms with Crippen molar-refractivity contribution in [1.82, 2.24) is 19.4 Å². The van der Waals surface area contributed by atoms with E-state index in [1.54, 1.807) is 11.8 Å². The molecule has 1 aliphatic rings. The van der Waals surface area contributed by atoms with E-state index in [2.05, 4.69) is 16.5 Å². The summed E-state index contributed by atoms with van der Waals surface area (Å²) in [6, 6.07) is 11.8. The van der Waals surface area contributed by atoms with Crippen molar-refractivity contribution < 1.29 is 4.79 Å². The maximum atomic E-state index is 13.2. The number of amides is 1. The van der Waals surface area contributed by atoms with E-state index in [0.29, 0.717) is 19.0 Å². The molecule has 6 heteroatoms. The molecule has 0 aliphatic heterocycles. The van der Waals surface area contributed by atoms with Gasteiger partial charge in [-0.2, -0.15) is 0 Å². The SMILES string of the molecule is CCCN(Cc1nc2cccnc2n1CC1CC1)C(=O)c1ccc(SC)cc1. The molecule has 1 saturated carbocycles. The van der Waals surface area contributed by atoms with Crippen LogP contribution in [0, 0.1) is 5.92 Å². The summed E-state index contributed by atoms with van der Waals surface area (Å²) in [5, 5.41) is 0. The minimum Gasteiger partial charge on any atom is -0.331 e. The Hall–Kier alpha value is -2.34. The van der Waals surface area contributed by atoms with Crippen molar-refractivity contribution >= 4 is 28.8 Å². The standard InChI is InChI=1S/C22H26N4OS/c1-3-13-25(22(27)17-8-10-18(28-2)11-9-17)15-20-24-19-5-4-12-23-21(19)26(20)14-16-6-7-16/h4-5,8-12,16H,3,6-7,13-15H2,1-2H3. The van der Waals surface area contributed by atoms with Crippen LogP contribution in [0.1, 0.15) is 42.4 Å². The molecule has 0 N–H and O–H groups in total. The van der Waals surface area contributed by atoms with Gasteiger partial charge < -0.3 is 9.47 Å². The van der Waals surface area contributed by atoms with Crippen LogP contribution in [0.25, 0.3) is 11.2 Å². The lowest BCUT2D eigenvalue weighted by molar-refractivity contribution is 0.0737. The molecular weight excluding hydrogens is 368 g/mol.